The molecule has 0 atom stereocenters. The molecule has 1 aromatic rings. The molecule has 0 unspecified atom stereocenters. The zero-order chi connectivity index (χ0) is 18.2. The van der Waals surface area contributed by atoms with Crippen LogP contribution in [0.5, 0.6) is 0 Å². The van der Waals surface area contributed by atoms with E-state index < -0.39 is 0 Å². The van der Waals surface area contributed by atoms with Gasteiger partial charge in [0.05, 0.1) is 19.8 Å². The SMILES string of the molecule is C#COCCC(=O)CCCCOCCOCCNC(=O)n1ccnc1. The molecule has 0 saturated heterocycles. The lowest BCUT2D eigenvalue weighted by molar-refractivity contribution is -0.119. The predicted octanol–water partition coefficient (Wildman–Crippen LogP) is 1.21. The number of rotatable bonds is 14. The summed E-state index contributed by atoms with van der Waals surface area (Å²) in [6.07, 6.45) is 14.0. The highest BCUT2D eigenvalue weighted by atomic mass is 16.5. The maximum absolute atomic E-state index is 11.6. The van der Waals surface area contributed by atoms with Crippen LogP contribution < -0.4 is 5.32 Å². The number of aromatic nitrogens is 2. The van der Waals surface area contributed by atoms with Gasteiger partial charge in [-0.15, -0.1) is 0 Å². The van der Waals surface area contributed by atoms with Crippen LogP contribution in [0.4, 0.5) is 4.79 Å². The highest BCUT2D eigenvalue weighted by molar-refractivity contribution is 5.78. The third-order valence-electron chi connectivity index (χ3n) is 3.19. The van der Waals surface area contributed by atoms with E-state index in [9.17, 15) is 9.59 Å². The molecular formula is C17H25N3O5. The molecule has 0 radical (unpaired) electrons. The minimum atomic E-state index is -0.238. The molecule has 0 saturated carbocycles. The van der Waals surface area contributed by atoms with Crippen LogP contribution >= 0.6 is 0 Å². The molecule has 1 N–H and O–H groups in total. The number of hydrogen-bond acceptors (Lipinski definition) is 6. The minimum absolute atomic E-state index is 0.149. The second-order valence-corrected chi connectivity index (χ2v) is 5.14. The van der Waals surface area contributed by atoms with Crippen LogP contribution in [0.1, 0.15) is 25.7 Å². The van der Waals surface area contributed by atoms with E-state index in [1.54, 1.807) is 6.20 Å². The van der Waals surface area contributed by atoms with Crippen molar-refractivity contribution in [3.63, 3.8) is 0 Å². The fourth-order valence-corrected chi connectivity index (χ4v) is 1.90. The van der Waals surface area contributed by atoms with Gasteiger partial charge in [-0.05, 0) is 12.8 Å². The Kier molecular flexibility index (Phi) is 11.6. The average Bonchev–Trinajstić information content (AvgIpc) is 3.14. The summed E-state index contributed by atoms with van der Waals surface area (Å²) in [5, 5.41) is 2.70. The maximum atomic E-state index is 11.6. The largest absolute Gasteiger partial charge is 0.446 e. The number of ether oxygens (including phenoxy) is 3. The number of unbranched alkanes of at least 4 members (excludes halogenated alkanes) is 1. The van der Waals surface area contributed by atoms with E-state index in [-0.39, 0.29) is 18.4 Å². The molecule has 138 valence electrons. The van der Waals surface area contributed by atoms with Crippen molar-refractivity contribution >= 4 is 11.8 Å². The number of amides is 1. The molecular weight excluding hydrogens is 326 g/mol. The number of imidazole rings is 1. The normalized spacial score (nSPS) is 10.2. The molecule has 8 heteroatoms. The van der Waals surface area contributed by atoms with Crippen LogP contribution in [-0.4, -0.2) is 60.9 Å². The molecule has 0 fully saturated rings. The van der Waals surface area contributed by atoms with Gasteiger partial charge in [0, 0.05) is 38.4 Å². The Labute approximate surface area is 147 Å². The molecule has 0 aliphatic rings. The Bertz CT molecular complexity index is 525. The van der Waals surface area contributed by atoms with Gasteiger partial charge in [-0.1, -0.05) is 6.42 Å². The Hall–Kier alpha value is -2.37. The van der Waals surface area contributed by atoms with Crippen LogP contribution in [-0.2, 0) is 19.0 Å². The molecule has 1 amide bonds. The number of Topliss-reactive ketones (excluding diaryl/α,β-unsaturated/α-hetero) is 1. The van der Waals surface area contributed by atoms with Crippen LogP contribution in [0.3, 0.4) is 0 Å². The van der Waals surface area contributed by atoms with Crippen LogP contribution in [0, 0.1) is 12.5 Å². The average molecular weight is 351 g/mol. The molecule has 1 aromatic heterocycles. The first kappa shape index (κ1) is 20.7. The second kappa shape index (κ2) is 14.0. The van der Waals surface area contributed by atoms with E-state index in [1.807, 2.05) is 6.11 Å². The van der Waals surface area contributed by atoms with Crippen molar-refractivity contribution in [2.75, 3.05) is 39.6 Å². The van der Waals surface area contributed by atoms with Crippen LogP contribution in [0.15, 0.2) is 18.7 Å². The highest BCUT2D eigenvalue weighted by Gasteiger charge is 2.02. The summed E-state index contributed by atoms with van der Waals surface area (Å²) in [5.74, 6) is 0.149. The Morgan fingerprint density at radius 2 is 1.88 bits per heavy atom. The summed E-state index contributed by atoms with van der Waals surface area (Å²) in [5.41, 5.74) is 0. The number of nitrogens with one attached hydrogen (secondary N) is 1. The van der Waals surface area contributed by atoms with E-state index in [1.165, 1.54) is 17.1 Å². The molecule has 8 nitrogen and oxygen atoms in total. The molecule has 0 bridgehead atoms. The van der Waals surface area contributed by atoms with E-state index in [2.05, 4.69) is 15.0 Å². The van der Waals surface area contributed by atoms with Gasteiger partial charge < -0.3 is 19.5 Å². The van der Waals surface area contributed by atoms with Gasteiger partial charge in [0.25, 0.3) is 0 Å². The van der Waals surface area contributed by atoms with Gasteiger partial charge in [-0.3, -0.25) is 9.36 Å². The van der Waals surface area contributed by atoms with Gasteiger partial charge in [-0.2, -0.15) is 0 Å². The smallest absolute Gasteiger partial charge is 0.326 e. The number of hydrogen-bond donors (Lipinski definition) is 1. The highest BCUT2D eigenvalue weighted by Crippen LogP contribution is 2.00. The second-order valence-electron chi connectivity index (χ2n) is 5.14. The Morgan fingerprint density at radius 3 is 2.60 bits per heavy atom. The number of nitrogens with zero attached hydrogens (tertiary/aromatic N) is 2. The summed E-state index contributed by atoms with van der Waals surface area (Å²) in [6, 6.07) is -0.238. The molecule has 0 spiro atoms. The topological polar surface area (TPSA) is 91.7 Å². The van der Waals surface area contributed by atoms with Gasteiger partial charge in [0.1, 0.15) is 24.8 Å². The van der Waals surface area contributed by atoms with Crippen molar-refractivity contribution in [2.24, 2.45) is 0 Å². The van der Waals surface area contributed by atoms with Gasteiger partial charge in [-0.25, -0.2) is 9.78 Å². The van der Waals surface area contributed by atoms with Crippen molar-refractivity contribution in [1.29, 1.82) is 0 Å². The molecule has 1 heterocycles. The monoisotopic (exact) mass is 351 g/mol. The number of carbonyl (C=O) groups excluding carboxylic acids is 2. The summed E-state index contributed by atoms with van der Waals surface area (Å²) < 4.78 is 16.8. The zero-order valence-corrected chi connectivity index (χ0v) is 14.3. The van der Waals surface area contributed by atoms with Crippen molar-refractivity contribution in [3.8, 4) is 12.5 Å². The van der Waals surface area contributed by atoms with Crippen LogP contribution in [0.2, 0.25) is 0 Å². The minimum Gasteiger partial charge on any atom is -0.446 e. The quantitative estimate of drug-likeness (QED) is 0.400. The first-order valence-corrected chi connectivity index (χ1v) is 8.24. The lowest BCUT2D eigenvalue weighted by atomic mass is 10.1. The zero-order valence-electron chi connectivity index (χ0n) is 14.3. The van der Waals surface area contributed by atoms with Crippen molar-refractivity contribution in [3.05, 3.63) is 18.7 Å². The van der Waals surface area contributed by atoms with Crippen molar-refractivity contribution in [2.45, 2.75) is 25.7 Å². The summed E-state index contributed by atoms with van der Waals surface area (Å²) in [6.45, 7) is 2.66. The number of terminal acetylenes is 1. The summed E-state index contributed by atoms with van der Waals surface area (Å²) in [4.78, 5) is 26.8. The number of ketones is 1. The van der Waals surface area contributed by atoms with Gasteiger partial charge >= 0.3 is 6.03 Å². The molecule has 0 aromatic carbocycles. The van der Waals surface area contributed by atoms with E-state index >= 15 is 0 Å². The number of carbonyl (C=O) groups is 2. The standard InChI is InChI=1S/C17H25N3O5/c1-2-23-11-6-16(21)5-3-4-10-24-13-14-25-12-8-19-17(22)20-9-7-18-15-20/h1,7,9,15H,3-6,8,10-14H2,(H,19,22). The van der Waals surface area contributed by atoms with E-state index in [4.69, 9.17) is 15.9 Å². The molecule has 0 aliphatic heterocycles. The van der Waals surface area contributed by atoms with E-state index in [0.717, 1.165) is 12.8 Å². The Morgan fingerprint density at radius 1 is 1.08 bits per heavy atom. The third kappa shape index (κ3) is 10.9. The molecule has 0 aliphatic carbocycles. The van der Waals surface area contributed by atoms with E-state index in [0.29, 0.717) is 45.8 Å². The maximum Gasteiger partial charge on any atom is 0.326 e. The third-order valence-corrected chi connectivity index (χ3v) is 3.19. The van der Waals surface area contributed by atoms with Gasteiger partial charge in [0.15, 0.2) is 0 Å². The van der Waals surface area contributed by atoms with Crippen molar-refractivity contribution < 1.29 is 23.8 Å². The fourth-order valence-electron chi connectivity index (χ4n) is 1.90. The lowest BCUT2D eigenvalue weighted by Crippen LogP contribution is -2.30. The summed E-state index contributed by atoms with van der Waals surface area (Å²) >= 11 is 0. The first-order valence-electron chi connectivity index (χ1n) is 8.24. The molecule has 1 rings (SSSR count). The lowest BCUT2D eigenvalue weighted by Gasteiger charge is -2.07. The first-order chi connectivity index (χ1) is 12.2. The predicted molar refractivity (Wildman–Crippen MR) is 90.9 cm³/mol. The fraction of sp³-hybridized carbons (Fsp3) is 0.588. The summed E-state index contributed by atoms with van der Waals surface area (Å²) in [7, 11) is 0. The van der Waals surface area contributed by atoms with Crippen molar-refractivity contribution in [1.82, 2.24) is 14.9 Å². The molecule has 25 heavy (non-hydrogen) atoms. The van der Waals surface area contributed by atoms with Gasteiger partial charge in [0.2, 0.25) is 0 Å². The van der Waals surface area contributed by atoms with Crippen LogP contribution in [0.25, 0.3) is 0 Å². The Balaban J connectivity index is 1.81.